The summed E-state index contributed by atoms with van der Waals surface area (Å²) in [5.41, 5.74) is -0.274. The number of hydrogen-bond acceptors (Lipinski definition) is 3. The van der Waals surface area contributed by atoms with Crippen LogP contribution < -0.4 is 10.6 Å². The van der Waals surface area contributed by atoms with E-state index in [2.05, 4.69) is 10.6 Å². The monoisotopic (exact) mass is 310 g/mol. The molecule has 0 radical (unpaired) electrons. The molecule has 0 aliphatic heterocycles. The molecule has 22 heavy (non-hydrogen) atoms. The van der Waals surface area contributed by atoms with Crippen molar-refractivity contribution in [3.63, 3.8) is 0 Å². The lowest BCUT2D eigenvalue weighted by Crippen LogP contribution is -2.41. The average Bonchev–Trinajstić information content (AvgIpc) is 2.47. The van der Waals surface area contributed by atoms with Gasteiger partial charge >= 0.3 is 0 Å². The van der Waals surface area contributed by atoms with Gasteiger partial charge in [-0.15, -0.1) is 0 Å². The van der Waals surface area contributed by atoms with E-state index in [1.165, 1.54) is 12.1 Å². The molecule has 0 spiro atoms. The number of benzene rings is 1. The van der Waals surface area contributed by atoms with Gasteiger partial charge in [0, 0.05) is 26.6 Å². The number of rotatable bonds is 8. The van der Waals surface area contributed by atoms with Gasteiger partial charge in [0.2, 0.25) is 11.8 Å². The van der Waals surface area contributed by atoms with Crippen molar-refractivity contribution >= 4 is 11.8 Å². The van der Waals surface area contributed by atoms with E-state index in [9.17, 15) is 14.0 Å². The fraction of sp³-hybridized carbons (Fsp3) is 0.500. The molecule has 0 bridgehead atoms. The summed E-state index contributed by atoms with van der Waals surface area (Å²) in [5, 5.41) is 5.38. The fourth-order valence-corrected chi connectivity index (χ4v) is 1.90. The Morgan fingerprint density at radius 3 is 2.59 bits per heavy atom. The number of methoxy groups -OCH3 is 1. The minimum atomic E-state index is -0.866. The normalized spacial score (nSPS) is 11.1. The first kappa shape index (κ1) is 18.1. The Morgan fingerprint density at radius 1 is 1.23 bits per heavy atom. The summed E-state index contributed by atoms with van der Waals surface area (Å²) in [7, 11) is 1.56. The molecule has 1 aromatic rings. The van der Waals surface area contributed by atoms with E-state index < -0.39 is 5.41 Å². The quantitative estimate of drug-likeness (QED) is 0.713. The second-order valence-corrected chi connectivity index (χ2v) is 5.48. The van der Waals surface area contributed by atoms with Gasteiger partial charge in [0.05, 0.1) is 12.0 Å². The van der Waals surface area contributed by atoms with Gasteiger partial charge in [0.1, 0.15) is 5.82 Å². The lowest BCUT2D eigenvalue weighted by Gasteiger charge is -2.24. The highest BCUT2D eigenvalue weighted by Crippen LogP contribution is 2.23. The van der Waals surface area contributed by atoms with Crippen LogP contribution in [0.1, 0.15) is 25.8 Å². The summed E-state index contributed by atoms with van der Waals surface area (Å²) in [6.45, 7) is 4.56. The first-order chi connectivity index (χ1) is 10.4. The number of carbonyl (C=O) groups is 2. The molecule has 0 aliphatic rings. The van der Waals surface area contributed by atoms with Crippen LogP contribution in [0.25, 0.3) is 0 Å². The number of halogens is 1. The second kappa shape index (κ2) is 8.48. The Hall–Kier alpha value is -1.95. The van der Waals surface area contributed by atoms with Gasteiger partial charge in [-0.2, -0.15) is 0 Å². The van der Waals surface area contributed by atoms with E-state index in [1.807, 2.05) is 0 Å². The van der Waals surface area contributed by atoms with Crippen molar-refractivity contribution in [3.05, 3.63) is 35.6 Å². The zero-order valence-electron chi connectivity index (χ0n) is 13.2. The summed E-state index contributed by atoms with van der Waals surface area (Å²) in [6.07, 6.45) is 0.189. The molecule has 2 N–H and O–H groups in total. The third-order valence-corrected chi connectivity index (χ3v) is 3.38. The molecule has 0 aliphatic carbocycles. The first-order valence-electron chi connectivity index (χ1n) is 7.18. The smallest absolute Gasteiger partial charge is 0.230 e. The van der Waals surface area contributed by atoms with Crippen LogP contribution in [0.4, 0.5) is 4.39 Å². The lowest BCUT2D eigenvalue weighted by molar-refractivity contribution is -0.126. The molecular formula is C16H23FN2O3. The maximum absolute atomic E-state index is 13.3. The number of amides is 2. The highest BCUT2D eigenvalue weighted by molar-refractivity contribution is 5.87. The van der Waals surface area contributed by atoms with Gasteiger partial charge < -0.3 is 15.4 Å². The Balaban J connectivity index is 2.46. The molecule has 0 saturated heterocycles. The Kier molecular flexibility index (Phi) is 6.98. The van der Waals surface area contributed by atoms with Gasteiger partial charge in [-0.1, -0.05) is 12.1 Å². The van der Waals surface area contributed by atoms with Crippen molar-refractivity contribution in [2.45, 2.75) is 25.7 Å². The van der Waals surface area contributed by atoms with Gasteiger partial charge in [-0.25, -0.2) is 4.39 Å². The molecule has 2 amide bonds. The summed E-state index contributed by atoms with van der Waals surface area (Å²) in [5.74, 6) is -0.778. The van der Waals surface area contributed by atoms with Crippen molar-refractivity contribution in [1.82, 2.24) is 10.6 Å². The van der Waals surface area contributed by atoms with Gasteiger partial charge in [-0.3, -0.25) is 9.59 Å². The van der Waals surface area contributed by atoms with E-state index in [0.29, 0.717) is 18.7 Å². The van der Waals surface area contributed by atoms with Crippen LogP contribution in [0, 0.1) is 5.82 Å². The number of carbonyl (C=O) groups excluding carboxylic acids is 2. The molecule has 0 aromatic heterocycles. The first-order valence-corrected chi connectivity index (χ1v) is 7.18. The van der Waals surface area contributed by atoms with Crippen molar-refractivity contribution in [3.8, 4) is 0 Å². The molecule has 1 rings (SSSR count). The molecular weight excluding hydrogens is 287 g/mol. The van der Waals surface area contributed by atoms with Crippen molar-refractivity contribution in [2.24, 2.45) is 0 Å². The zero-order valence-corrected chi connectivity index (χ0v) is 13.2. The molecule has 0 saturated carbocycles. The van der Waals surface area contributed by atoms with Crippen molar-refractivity contribution in [2.75, 3.05) is 26.8 Å². The van der Waals surface area contributed by atoms with Crippen LogP contribution in [0.5, 0.6) is 0 Å². The number of ether oxygens (including phenoxy) is 1. The highest BCUT2D eigenvalue weighted by atomic mass is 19.1. The predicted molar refractivity (Wildman–Crippen MR) is 81.9 cm³/mol. The third-order valence-electron chi connectivity index (χ3n) is 3.38. The molecule has 122 valence electrons. The predicted octanol–water partition coefficient (Wildman–Crippen LogP) is 1.37. The van der Waals surface area contributed by atoms with Crippen LogP contribution in [0.15, 0.2) is 24.3 Å². The highest BCUT2D eigenvalue weighted by Gasteiger charge is 2.29. The van der Waals surface area contributed by atoms with E-state index in [0.717, 1.165) is 0 Å². The molecule has 0 fully saturated rings. The Bertz CT molecular complexity index is 518. The van der Waals surface area contributed by atoms with E-state index in [4.69, 9.17) is 4.74 Å². The van der Waals surface area contributed by atoms with Crippen LogP contribution >= 0.6 is 0 Å². The summed E-state index contributed by atoms with van der Waals surface area (Å²) < 4.78 is 18.1. The molecule has 0 unspecified atom stereocenters. The maximum atomic E-state index is 13.3. The van der Waals surface area contributed by atoms with Gasteiger partial charge in [-0.05, 0) is 31.5 Å². The summed E-state index contributed by atoms with van der Waals surface area (Å²) >= 11 is 0. The molecule has 0 atom stereocenters. The maximum Gasteiger partial charge on any atom is 0.230 e. The van der Waals surface area contributed by atoms with E-state index in [-0.39, 0.29) is 30.6 Å². The lowest BCUT2D eigenvalue weighted by atomic mass is 9.83. The molecule has 5 nitrogen and oxygen atoms in total. The zero-order chi connectivity index (χ0) is 16.6. The molecule has 0 heterocycles. The largest absolute Gasteiger partial charge is 0.383 e. The Labute approximate surface area is 130 Å². The van der Waals surface area contributed by atoms with E-state index in [1.54, 1.807) is 33.1 Å². The number of hydrogen-bond donors (Lipinski definition) is 2. The fourth-order valence-electron chi connectivity index (χ4n) is 1.90. The van der Waals surface area contributed by atoms with Gasteiger partial charge in [0.15, 0.2) is 0 Å². The van der Waals surface area contributed by atoms with E-state index >= 15 is 0 Å². The minimum absolute atomic E-state index is 0.152. The van der Waals surface area contributed by atoms with Crippen LogP contribution in [-0.2, 0) is 19.7 Å². The summed E-state index contributed by atoms with van der Waals surface area (Å²) in [6, 6.07) is 5.96. The van der Waals surface area contributed by atoms with Crippen molar-refractivity contribution in [1.29, 1.82) is 0 Å². The minimum Gasteiger partial charge on any atom is -0.383 e. The van der Waals surface area contributed by atoms with Gasteiger partial charge in [0.25, 0.3) is 0 Å². The number of nitrogens with one attached hydrogen (secondary N) is 2. The van der Waals surface area contributed by atoms with Crippen LogP contribution in [0.3, 0.4) is 0 Å². The topological polar surface area (TPSA) is 67.4 Å². The van der Waals surface area contributed by atoms with Crippen LogP contribution in [-0.4, -0.2) is 38.6 Å². The molecule has 1 aromatic carbocycles. The van der Waals surface area contributed by atoms with Crippen molar-refractivity contribution < 1.29 is 18.7 Å². The van der Waals surface area contributed by atoms with Crippen LogP contribution in [0.2, 0.25) is 0 Å². The average molecular weight is 310 g/mol. The summed E-state index contributed by atoms with van der Waals surface area (Å²) in [4.78, 5) is 23.7. The standard InChI is InChI=1S/C16H23FN2O3/c1-16(2,12-5-4-6-13(17)11-12)15(21)19-8-7-14(20)18-9-10-22-3/h4-6,11H,7-10H2,1-3H3,(H,18,20)(H,19,21). The SMILES string of the molecule is COCCNC(=O)CCNC(=O)C(C)(C)c1cccc(F)c1. The second-order valence-electron chi connectivity index (χ2n) is 5.48. The third kappa shape index (κ3) is 5.44. The molecule has 6 heteroatoms. The Morgan fingerprint density at radius 2 is 1.95 bits per heavy atom.